The summed E-state index contributed by atoms with van der Waals surface area (Å²) in [7, 11) is -3.25. The molecule has 0 fully saturated rings. The van der Waals surface area contributed by atoms with E-state index in [1.54, 1.807) is 6.07 Å². The van der Waals surface area contributed by atoms with E-state index in [2.05, 4.69) is 12.1 Å². The molecule has 5 heteroatoms. The highest BCUT2D eigenvalue weighted by molar-refractivity contribution is 7.90. The first-order chi connectivity index (χ1) is 8.45. The Hall–Kier alpha value is -1.36. The van der Waals surface area contributed by atoms with Gasteiger partial charge in [-0.1, -0.05) is 18.1 Å². The molecule has 98 valence electrons. The number of benzene rings is 1. The predicted molar refractivity (Wildman–Crippen MR) is 70.8 cm³/mol. The fraction of sp³-hybridized carbons (Fsp3) is 0.462. The standard InChI is InChI=1S/C13H17NO3S/c1-4-10-5-6-12(18(3,15)16)13(9(10)2)11-7-8-17-14-11/h5-6H,4,7-8H2,1-3H3. The quantitative estimate of drug-likeness (QED) is 0.842. The molecule has 0 aromatic heterocycles. The van der Waals surface area contributed by atoms with E-state index < -0.39 is 9.84 Å². The summed E-state index contributed by atoms with van der Waals surface area (Å²) in [6, 6.07) is 3.56. The molecule has 1 aromatic rings. The Morgan fingerprint density at radius 1 is 1.39 bits per heavy atom. The summed E-state index contributed by atoms with van der Waals surface area (Å²) >= 11 is 0. The van der Waals surface area contributed by atoms with Gasteiger partial charge in [-0.25, -0.2) is 8.42 Å². The molecule has 0 bridgehead atoms. The number of oxime groups is 1. The molecule has 0 saturated heterocycles. The van der Waals surface area contributed by atoms with Crippen molar-refractivity contribution in [3.8, 4) is 0 Å². The smallest absolute Gasteiger partial charge is 0.176 e. The van der Waals surface area contributed by atoms with Gasteiger partial charge in [-0.15, -0.1) is 0 Å². The normalized spacial score (nSPS) is 15.4. The van der Waals surface area contributed by atoms with Gasteiger partial charge in [0.05, 0.1) is 10.6 Å². The number of hydrogen-bond donors (Lipinski definition) is 0. The van der Waals surface area contributed by atoms with Crippen molar-refractivity contribution in [2.24, 2.45) is 5.16 Å². The van der Waals surface area contributed by atoms with Crippen molar-refractivity contribution in [3.63, 3.8) is 0 Å². The van der Waals surface area contributed by atoms with Crippen molar-refractivity contribution >= 4 is 15.5 Å². The number of nitrogens with zero attached hydrogens (tertiary/aromatic N) is 1. The monoisotopic (exact) mass is 267 g/mol. The zero-order valence-electron chi connectivity index (χ0n) is 10.9. The van der Waals surface area contributed by atoms with Crippen molar-refractivity contribution in [2.75, 3.05) is 12.9 Å². The lowest BCUT2D eigenvalue weighted by molar-refractivity contribution is 0.174. The van der Waals surface area contributed by atoms with Gasteiger partial charge in [0.15, 0.2) is 9.84 Å². The van der Waals surface area contributed by atoms with Gasteiger partial charge in [0.1, 0.15) is 6.61 Å². The van der Waals surface area contributed by atoms with Crippen molar-refractivity contribution in [1.82, 2.24) is 0 Å². The molecule has 0 unspecified atom stereocenters. The second kappa shape index (κ2) is 4.72. The van der Waals surface area contributed by atoms with Crippen LogP contribution >= 0.6 is 0 Å². The van der Waals surface area contributed by atoms with E-state index in [9.17, 15) is 8.42 Å². The Bertz CT molecular complexity index is 603. The van der Waals surface area contributed by atoms with Crippen LogP contribution in [0.5, 0.6) is 0 Å². The van der Waals surface area contributed by atoms with Crippen LogP contribution in [0.2, 0.25) is 0 Å². The SMILES string of the molecule is CCc1ccc(S(C)(=O)=O)c(C2=NOCC2)c1C. The molecule has 1 aliphatic rings. The van der Waals surface area contributed by atoms with E-state index in [1.165, 1.54) is 6.26 Å². The van der Waals surface area contributed by atoms with Crippen LogP contribution in [0.4, 0.5) is 0 Å². The van der Waals surface area contributed by atoms with Crippen LogP contribution in [-0.2, 0) is 21.1 Å². The first-order valence-electron chi connectivity index (χ1n) is 5.97. The number of hydrogen-bond acceptors (Lipinski definition) is 4. The second-order valence-electron chi connectivity index (χ2n) is 4.47. The zero-order valence-corrected chi connectivity index (χ0v) is 11.7. The van der Waals surface area contributed by atoms with E-state index in [1.807, 2.05) is 13.0 Å². The van der Waals surface area contributed by atoms with Crippen LogP contribution in [0.1, 0.15) is 30.0 Å². The van der Waals surface area contributed by atoms with E-state index in [0.717, 1.165) is 28.8 Å². The Labute approximate surface area is 108 Å². The third kappa shape index (κ3) is 2.27. The Kier molecular flexibility index (Phi) is 3.43. The van der Waals surface area contributed by atoms with Gasteiger partial charge < -0.3 is 4.84 Å². The molecule has 0 N–H and O–H groups in total. The third-order valence-corrected chi connectivity index (χ3v) is 4.35. The maximum atomic E-state index is 11.9. The molecule has 2 rings (SSSR count). The van der Waals surface area contributed by atoms with Crippen LogP contribution in [0.25, 0.3) is 0 Å². The van der Waals surface area contributed by atoms with E-state index in [4.69, 9.17) is 4.84 Å². The molecule has 0 radical (unpaired) electrons. The maximum absolute atomic E-state index is 11.9. The molecule has 0 aliphatic carbocycles. The number of sulfone groups is 1. The topological polar surface area (TPSA) is 55.7 Å². The fourth-order valence-corrected chi connectivity index (χ4v) is 3.22. The maximum Gasteiger partial charge on any atom is 0.176 e. The molecule has 0 saturated carbocycles. The molecule has 0 amide bonds. The summed E-state index contributed by atoms with van der Waals surface area (Å²) < 4.78 is 23.7. The first kappa shape index (κ1) is 13.1. The Balaban J connectivity index is 2.72. The highest BCUT2D eigenvalue weighted by Gasteiger charge is 2.23. The molecule has 4 nitrogen and oxygen atoms in total. The lowest BCUT2D eigenvalue weighted by Gasteiger charge is -2.13. The molecular formula is C13H17NO3S. The van der Waals surface area contributed by atoms with Crippen molar-refractivity contribution in [2.45, 2.75) is 31.6 Å². The molecule has 1 heterocycles. The van der Waals surface area contributed by atoms with Crippen molar-refractivity contribution in [3.05, 3.63) is 28.8 Å². The van der Waals surface area contributed by atoms with Gasteiger partial charge in [0.2, 0.25) is 0 Å². The van der Waals surface area contributed by atoms with Crippen molar-refractivity contribution in [1.29, 1.82) is 0 Å². The highest BCUT2D eigenvalue weighted by atomic mass is 32.2. The first-order valence-corrected chi connectivity index (χ1v) is 7.86. The largest absolute Gasteiger partial charge is 0.395 e. The molecule has 1 aromatic carbocycles. The summed E-state index contributed by atoms with van der Waals surface area (Å²) in [5, 5.41) is 3.97. The fourth-order valence-electron chi connectivity index (χ4n) is 2.26. The molecular weight excluding hydrogens is 250 g/mol. The van der Waals surface area contributed by atoms with E-state index in [-0.39, 0.29) is 0 Å². The van der Waals surface area contributed by atoms with Crippen LogP contribution in [0.15, 0.2) is 22.2 Å². The van der Waals surface area contributed by atoms with Gasteiger partial charge in [0.25, 0.3) is 0 Å². The summed E-state index contributed by atoms with van der Waals surface area (Å²) in [5.41, 5.74) is 3.61. The summed E-state index contributed by atoms with van der Waals surface area (Å²) in [5.74, 6) is 0. The molecule has 18 heavy (non-hydrogen) atoms. The van der Waals surface area contributed by atoms with Crippen LogP contribution in [0, 0.1) is 6.92 Å². The van der Waals surface area contributed by atoms with Gasteiger partial charge >= 0.3 is 0 Å². The lowest BCUT2D eigenvalue weighted by atomic mass is 9.96. The Morgan fingerprint density at radius 3 is 2.61 bits per heavy atom. The Morgan fingerprint density at radius 2 is 2.11 bits per heavy atom. The van der Waals surface area contributed by atoms with Gasteiger partial charge in [-0.05, 0) is 30.5 Å². The van der Waals surface area contributed by atoms with Crippen molar-refractivity contribution < 1.29 is 13.3 Å². The average molecular weight is 267 g/mol. The van der Waals surface area contributed by atoms with Crippen LogP contribution in [-0.4, -0.2) is 27.0 Å². The predicted octanol–water partition coefficient (Wildman–Crippen LogP) is 2.09. The van der Waals surface area contributed by atoms with E-state index in [0.29, 0.717) is 17.9 Å². The molecule has 1 aliphatic heterocycles. The summed E-state index contributed by atoms with van der Waals surface area (Å²) in [6.07, 6.45) is 2.76. The van der Waals surface area contributed by atoms with Gasteiger partial charge in [0, 0.05) is 18.2 Å². The minimum Gasteiger partial charge on any atom is -0.395 e. The van der Waals surface area contributed by atoms with Crippen LogP contribution in [0.3, 0.4) is 0 Å². The number of rotatable bonds is 3. The minimum atomic E-state index is -3.25. The second-order valence-corrected chi connectivity index (χ2v) is 6.45. The third-order valence-electron chi connectivity index (χ3n) is 3.21. The highest BCUT2D eigenvalue weighted by Crippen LogP contribution is 2.26. The number of aryl methyl sites for hydroxylation is 1. The minimum absolute atomic E-state index is 0.349. The summed E-state index contributed by atoms with van der Waals surface area (Å²) in [6.45, 7) is 4.53. The lowest BCUT2D eigenvalue weighted by Crippen LogP contribution is -2.11. The zero-order chi connectivity index (χ0) is 13.3. The average Bonchev–Trinajstić information content (AvgIpc) is 2.80. The van der Waals surface area contributed by atoms with E-state index >= 15 is 0 Å². The molecule has 0 atom stereocenters. The van der Waals surface area contributed by atoms with Gasteiger partial charge in [-0.2, -0.15) is 0 Å². The molecule has 0 spiro atoms. The summed E-state index contributed by atoms with van der Waals surface area (Å²) in [4.78, 5) is 5.35. The van der Waals surface area contributed by atoms with Gasteiger partial charge in [-0.3, -0.25) is 0 Å². The van der Waals surface area contributed by atoms with Crippen LogP contribution < -0.4 is 0 Å².